The van der Waals surface area contributed by atoms with Crippen molar-refractivity contribution in [1.82, 2.24) is 4.98 Å². The zero-order valence-corrected chi connectivity index (χ0v) is 14.1. The van der Waals surface area contributed by atoms with Crippen molar-refractivity contribution in [3.8, 4) is 0 Å². The molecule has 3 N–H and O–H groups in total. The van der Waals surface area contributed by atoms with Gasteiger partial charge >= 0.3 is 0 Å². The highest BCUT2D eigenvalue weighted by Gasteiger charge is 2.16. The number of amides is 1. The number of nitrogens with zero attached hydrogens (tertiary/aromatic N) is 1. The predicted octanol–water partition coefficient (Wildman–Crippen LogP) is 2.47. The highest BCUT2D eigenvalue weighted by molar-refractivity contribution is 7.89. The number of carbonyl (C=O) groups excluding carboxylic acids is 1. The second-order valence-electron chi connectivity index (χ2n) is 5.21. The van der Waals surface area contributed by atoms with E-state index in [4.69, 9.17) is 5.14 Å². The second-order valence-corrected chi connectivity index (χ2v) is 7.63. The van der Waals surface area contributed by atoms with Gasteiger partial charge in [-0.2, -0.15) is 0 Å². The van der Waals surface area contributed by atoms with Gasteiger partial charge in [-0.1, -0.05) is 19.9 Å². The van der Waals surface area contributed by atoms with E-state index in [-0.39, 0.29) is 16.4 Å². The average molecular weight is 339 g/mol. The van der Waals surface area contributed by atoms with E-state index in [1.54, 1.807) is 13.0 Å². The van der Waals surface area contributed by atoms with Crippen LogP contribution in [0.15, 0.2) is 28.5 Å². The quantitative estimate of drug-likeness (QED) is 0.893. The van der Waals surface area contributed by atoms with Gasteiger partial charge in [0.05, 0.1) is 10.6 Å². The molecule has 6 nitrogen and oxygen atoms in total. The molecule has 8 heteroatoms. The van der Waals surface area contributed by atoms with Gasteiger partial charge in [-0.15, -0.1) is 11.3 Å². The summed E-state index contributed by atoms with van der Waals surface area (Å²) in [7, 11) is -3.85. The zero-order valence-electron chi connectivity index (χ0n) is 12.5. The fourth-order valence-electron chi connectivity index (χ4n) is 1.80. The molecule has 1 aromatic carbocycles. The van der Waals surface area contributed by atoms with E-state index in [1.807, 2.05) is 19.2 Å². The number of nitrogens with two attached hydrogens (primary N) is 1. The minimum Gasteiger partial charge on any atom is -0.298 e. The molecule has 1 heterocycles. The number of nitrogens with one attached hydrogen (secondary N) is 1. The van der Waals surface area contributed by atoms with Crippen LogP contribution >= 0.6 is 11.3 Å². The van der Waals surface area contributed by atoms with Crippen molar-refractivity contribution in [1.29, 1.82) is 0 Å². The number of anilines is 1. The first-order valence-electron chi connectivity index (χ1n) is 6.58. The maximum absolute atomic E-state index is 12.3. The van der Waals surface area contributed by atoms with Gasteiger partial charge in [0.25, 0.3) is 5.91 Å². The monoisotopic (exact) mass is 339 g/mol. The predicted molar refractivity (Wildman–Crippen MR) is 86.7 cm³/mol. The van der Waals surface area contributed by atoms with E-state index in [1.165, 1.54) is 23.5 Å². The molecule has 0 aliphatic rings. The summed E-state index contributed by atoms with van der Waals surface area (Å²) < 4.78 is 22.8. The number of benzene rings is 1. The van der Waals surface area contributed by atoms with E-state index in [0.29, 0.717) is 10.7 Å². The molecule has 0 atom stereocenters. The number of primary sulfonamides is 1. The molecule has 118 valence electrons. The van der Waals surface area contributed by atoms with Crippen LogP contribution in [-0.4, -0.2) is 19.3 Å². The molecule has 0 aliphatic heterocycles. The first-order valence-corrected chi connectivity index (χ1v) is 9.01. The normalized spacial score (nSPS) is 11.7. The molecule has 1 amide bonds. The number of sulfonamides is 1. The third-order valence-electron chi connectivity index (χ3n) is 3.12. The lowest BCUT2D eigenvalue weighted by Gasteiger charge is -2.07. The standard InChI is InChI=1S/C14H17N3O3S2/c1-8(2)12-7-21-14(16-12)17-13(18)11-6-10(22(15,19)20)5-4-9(11)3/h4-8H,1-3H3,(H2,15,19,20)(H,16,17,18). The smallest absolute Gasteiger partial charge is 0.257 e. The number of hydrogen-bond acceptors (Lipinski definition) is 5. The Labute approximate surface area is 133 Å². The van der Waals surface area contributed by atoms with Gasteiger partial charge < -0.3 is 0 Å². The van der Waals surface area contributed by atoms with Gasteiger partial charge in [0.2, 0.25) is 10.0 Å². The van der Waals surface area contributed by atoms with Crippen LogP contribution in [0.2, 0.25) is 0 Å². The molecule has 0 saturated heterocycles. The topological polar surface area (TPSA) is 102 Å². The van der Waals surface area contributed by atoms with Crippen molar-refractivity contribution < 1.29 is 13.2 Å². The van der Waals surface area contributed by atoms with Crippen LogP contribution in [0.3, 0.4) is 0 Å². The SMILES string of the molecule is Cc1ccc(S(N)(=O)=O)cc1C(=O)Nc1nc(C(C)C)cs1. The maximum Gasteiger partial charge on any atom is 0.257 e. The Hall–Kier alpha value is -1.77. The minimum absolute atomic E-state index is 0.0924. The van der Waals surface area contributed by atoms with Gasteiger partial charge in [0.15, 0.2) is 5.13 Å². The molecule has 0 spiro atoms. The largest absolute Gasteiger partial charge is 0.298 e. The molecule has 0 fully saturated rings. The number of rotatable bonds is 4. The molecule has 0 aliphatic carbocycles. The highest BCUT2D eigenvalue weighted by Crippen LogP contribution is 2.23. The fraction of sp³-hybridized carbons (Fsp3) is 0.286. The summed E-state index contributed by atoms with van der Waals surface area (Å²) in [6.07, 6.45) is 0. The average Bonchev–Trinajstić information content (AvgIpc) is 2.86. The Bertz CT molecular complexity index is 810. The Kier molecular flexibility index (Phi) is 4.64. The van der Waals surface area contributed by atoms with E-state index >= 15 is 0 Å². The summed E-state index contributed by atoms with van der Waals surface area (Å²) in [5.74, 6) is -0.137. The molecule has 22 heavy (non-hydrogen) atoms. The van der Waals surface area contributed by atoms with Crippen molar-refractivity contribution in [2.45, 2.75) is 31.6 Å². The van der Waals surface area contributed by atoms with Gasteiger partial charge in [0, 0.05) is 10.9 Å². The van der Waals surface area contributed by atoms with E-state index in [9.17, 15) is 13.2 Å². The van der Waals surface area contributed by atoms with Gasteiger partial charge in [0.1, 0.15) is 0 Å². The summed E-state index contributed by atoms with van der Waals surface area (Å²) in [6, 6.07) is 4.20. The van der Waals surface area contributed by atoms with Crippen LogP contribution in [0.4, 0.5) is 5.13 Å². The highest BCUT2D eigenvalue weighted by atomic mass is 32.2. The lowest BCUT2D eigenvalue weighted by Crippen LogP contribution is -2.17. The van der Waals surface area contributed by atoms with Gasteiger partial charge in [-0.25, -0.2) is 18.5 Å². The summed E-state index contributed by atoms with van der Waals surface area (Å²) in [4.78, 5) is 16.5. The van der Waals surface area contributed by atoms with E-state index < -0.39 is 15.9 Å². The molecule has 1 aromatic heterocycles. The second kappa shape index (κ2) is 6.15. The van der Waals surface area contributed by atoms with Crippen molar-refractivity contribution in [2.75, 3.05) is 5.32 Å². The van der Waals surface area contributed by atoms with Crippen LogP contribution in [0, 0.1) is 6.92 Å². The molecule has 0 unspecified atom stereocenters. The van der Waals surface area contributed by atoms with Gasteiger partial charge in [-0.3, -0.25) is 10.1 Å². The van der Waals surface area contributed by atoms with Crippen molar-refractivity contribution >= 4 is 32.4 Å². The van der Waals surface area contributed by atoms with Crippen molar-refractivity contribution in [2.24, 2.45) is 5.14 Å². The van der Waals surface area contributed by atoms with E-state index in [0.717, 1.165) is 5.69 Å². The molecule has 2 aromatic rings. The number of aryl methyl sites for hydroxylation is 1. The molecule has 0 saturated carbocycles. The molecular formula is C14H17N3O3S2. The van der Waals surface area contributed by atoms with Crippen molar-refractivity contribution in [3.05, 3.63) is 40.4 Å². The molecule has 0 bridgehead atoms. The number of hydrogen-bond donors (Lipinski definition) is 2. The molecule has 0 radical (unpaired) electrons. The first kappa shape index (κ1) is 16.6. The Balaban J connectivity index is 2.29. The fourth-order valence-corrected chi connectivity index (χ4v) is 3.20. The Morgan fingerprint density at radius 3 is 2.59 bits per heavy atom. The number of carbonyl (C=O) groups is 1. The van der Waals surface area contributed by atoms with Crippen LogP contribution in [0.25, 0.3) is 0 Å². The zero-order chi connectivity index (χ0) is 16.5. The van der Waals surface area contributed by atoms with Crippen LogP contribution < -0.4 is 10.5 Å². The summed E-state index contributed by atoms with van der Waals surface area (Å²) in [5.41, 5.74) is 1.81. The first-order chi connectivity index (χ1) is 10.2. The minimum atomic E-state index is -3.85. The summed E-state index contributed by atoms with van der Waals surface area (Å²) >= 11 is 1.33. The van der Waals surface area contributed by atoms with Crippen molar-refractivity contribution in [3.63, 3.8) is 0 Å². The summed E-state index contributed by atoms with van der Waals surface area (Å²) in [6.45, 7) is 5.75. The van der Waals surface area contributed by atoms with Crippen LogP contribution in [0.5, 0.6) is 0 Å². The molecular weight excluding hydrogens is 322 g/mol. The maximum atomic E-state index is 12.3. The van der Waals surface area contributed by atoms with Crippen LogP contribution in [-0.2, 0) is 10.0 Å². The van der Waals surface area contributed by atoms with Crippen LogP contribution in [0.1, 0.15) is 41.4 Å². The third-order valence-corrected chi connectivity index (χ3v) is 4.80. The lowest BCUT2D eigenvalue weighted by atomic mass is 10.1. The number of thiazole rings is 1. The Morgan fingerprint density at radius 2 is 2.05 bits per heavy atom. The number of aromatic nitrogens is 1. The van der Waals surface area contributed by atoms with E-state index in [2.05, 4.69) is 10.3 Å². The lowest BCUT2D eigenvalue weighted by molar-refractivity contribution is 0.102. The Morgan fingerprint density at radius 1 is 1.36 bits per heavy atom. The molecule has 2 rings (SSSR count). The van der Waals surface area contributed by atoms with Gasteiger partial charge in [-0.05, 0) is 30.5 Å². The third kappa shape index (κ3) is 3.70. The summed E-state index contributed by atoms with van der Waals surface area (Å²) in [5, 5.41) is 10.1.